The zero-order chi connectivity index (χ0) is 12.1. The van der Waals surface area contributed by atoms with Crippen molar-refractivity contribution in [2.75, 3.05) is 13.7 Å². The summed E-state index contributed by atoms with van der Waals surface area (Å²) in [6, 6.07) is 0. The van der Waals surface area contributed by atoms with E-state index in [2.05, 4.69) is 26.8 Å². The molecule has 0 spiro atoms. The van der Waals surface area contributed by atoms with Crippen molar-refractivity contribution in [3.05, 3.63) is 23.1 Å². The fourth-order valence-electron chi connectivity index (χ4n) is 1.64. The minimum Gasteiger partial charge on any atom is -0.486 e. The molecule has 0 aromatic rings. The van der Waals surface area contributed by atoms with Gasteiger partial charge in [-0.05, 0) is 13.3 Å². The summed E-state index contributed by atoms with van der Waals surface area (Å²) in [6.07, 6.45) is 4.84. The number of hydrogen-bond donors (Lipinski definition) is 0. The number of carbonyl (C=O) groups is 1. The number of amides is 1. The summed E-state index contributed by atoms with van der Waals surface area (Å²) in [6.45, 7) is 6.47. The first kappa shape index (κ1) is 12.8. The van der Waals surface area contributed by atoms with Gasteiger partial charge in [-0.3, -0.25) is 4.79 Å². The van der Waals surface area contributed by atoms with E-state index in [0.29, 0.717) is 0 Å². The number of carbonyl (C=O) groups excluding carboxylic acids is 1. The van der Waals surface area contributed by atoms with E-state index in [1.165, 1.54) is 5.57 Å². The molecule has 1 heterocycles. The van der Waals surface area contributed by atoms with E-state index in [-0.39, 0.29) is 12.5 Å². The van der Waals surface area contributed by atoms with Crippen molar-refractivity contribution < 1.29 is 9.53 Å². The quantitative estimate of drug-likeness (QED) is 0.686. The van der Waals surface area contributed by atoms with Crippen LogP contribution in [0.1, 0.15) is 40.0 Å². The van der Waals surface area contributed by atoms with Gasteiger partial charge in [-0.25, -0.2) is 0 Å². The second-order valence-electron chi connectivity index (χ2n) is 4.07. The van der Waals surface area contributed by atoms with Crippen molar-refractivity contribution in [1.29, 1.82) is 0 Å². The van der Waals surface area contributed by atoms with Crippen LogP contribution in [0.15, 0.2) is 23.1 Å². The van der Waals surface area contributed by atoms with Gasteiger partial charge in [0.05, 0.1) is 5.70 Å². The van der Waals surface area contributed by atoms with Gasteiger partial charge in [0.15, 0.2) is 6.61 Å². The minimum absolute atomic E-state index is 0.0368. The molecule has 0 aromatic heterocycles. The van der Waals surface area contributed by atoms with E-state index in [9.17, 15) is 4.79 Å². The summed E-state index contributed by atoms with van der Waals surface area (Å²) in [5.74, 6) is 0.983. The molecule has 0 aliphatic carbocycles. The lowest BCUT2D eigenvalue weighted by atomic mass is 10.1. The van der Waals surface area contributed by atoms with Crippen molar-refractivity contribution in [2.24, 2.45) is 0 Å². The molecular formula is C13H21NO2. The Bertz CT molecular complexity index is 329. The number of likely N-dealkylation sites (N-methyl/N-ethyl adjacent to an activating group) is 1. The maximum atomic E-state index is 11.5. The largest absolute Gasteiger partial charge is 0.486 e. The van der Waals surface area contributed by atoms with Crippen LogP contribution in [0, 0.1) is 0 Å². The first-order valence-electron chi connectivity index (χ1n) is 5.87. The van der Waals surface area contributed by atoms with Crippen molar-refractivity contribution >= 4 is 5.91 Å². The SMILES string of the molecule is CCC1=C(C/C=C(\C)CC)N(C)C(=O)CO1. The highest BCUT2D eigenvalue weighted by Gasteiger charge is 2.22. The Kier molecular flexibility index (Phi) is 4.59. The average molecular weight is 223 g/mol. The molecule has 3 heteroatoms. The van der Waals surface area contributed by atoms with Crippen LogP contribution >= 0.6 is 0 Å². The predicted octanol–water partition coefficient (Wildman–Crippen LogP) is 2.84. The first-order valence-corrected chi connectivity index (χ1v) is 5.87. The molecule has 0 unspecified atom stereocenters. The molecular weight excluding hydrogens is 202 g/mol. The predicted molar refractivity (Wildman–Crippen MR) is 64.7 cm³/mol. The fraction of sp³-hybridized carbons (Fsp3) is 0.615. The van der Waals surface area contributed by atoms with Crippen LogP contribution in [0.2, 0.25) is 0 Å². The summed E-state index contributed by atoms with van der Waals surface area (Å²) >= 11 is 0. The van der Waals surface area contributed by atoms with Gasteiger partial charge in [0.1, 0.15) is 5.76 Å². The fourth-order valence-corrected chi connectivity index (χ4v) is 1.64. The number of rotatable bonds is 4. The molecule has 0 saturated heterocycles. The zero-order valence-corrected chi connectivity index (χ0v) is 10.7. The lowest BCUT2D eigenvalue weighted by molar-refractivity contribution is -0.134. The smallest absolute Gasteiger partial charge is 0.264 e. The van der Waals surface area contributed by atoms with Gasteiger partial charge >= 0.3 is 0 Å². The molecule has 1 rings (SSSR count). The van der Waals surface area contributed by atoms with E-state index in [0.717, 1.165) is 30.7 Å². The van der Waals surface area contributed by atoms with E-state index >= 15 is 0 Å². The molecule has 1 amide bonds. The molecule has 0 saturated carbocycles. The molecule has 0 atom stereocenters. The standard InChI is InChI=1S/C13H21NO2/c1-5-10(3)7-8-11-12(6-2)16-9-13(15)14(11)4/h7H,5-6,8-9H2,1-4H3/b10-7+. The molecule has 0 fully saturated rings. The zero-order valence-electron chi connectivity index (χ0n) is 10.7. The van der Waals surface area contributed by atoms with Gasteiger partial charge in [0, 0.05) is 19.9 Å². The van der Waals surface area contributed by atoms with Crippen LogP contribution in [0.4, 0.5) is 0 Å². The Hall–Kier alpha value is -1.25. The third-order valence-corrected chi connectivity index (χ3v) is 2.99. The highest BCUT2D eigenvalue weighted by molar-refractivity contribution is 5.80. The van der Waals surface area contributed by atoms with Gasteiger partial charge in [0.2, 0.25) is 0 Å². The molecule has 0 bridgehead atoms. The Balaban J connectivity index is 2.86. The average Bonchev–Trinajstić information content (AvgIpc) is 2.30. The van der Waals surface area contributed by atoms with Crippen LogP contribution < -0.4 is 0 Å². The minimum atomic E-state index is 0.0368. The summed E-state index contributed by atoms with van der Waals surface area (Å²) in [5.41, 5.74) is 2.35. The molecule has 0 radical (unpaired) electrons. The second-order valence-corrected chi connectivity index (χ2v) is 4.07. The number of allylic oxidation sites excluding steroid dienone is 3. The van der Waals surface area contributed by atoms with Crippen LogP contribution in [-0.4, -0.2) is 24.5 Å². The number of nitrogens with zero attached hydrogens (tertiary/aromatic N) is 1. The van der Waals surface area contributed by atoms with E-state index < -0.39 is 0 Å². The molecule has 1 aliphatic heterocycles. The molecule has 3 nitrogen and oxygen atoms in total. The third kappa shape index (κ3) is 2.87. The van der Waals surface area contributed by atoms with Gasteiger partial charge in [-0.15, -0.1) is 0 Å². The normalized spacial score (nSPS) is 17.9. The van der Waals surface area contributed by atoms with Crippen LogP contribution in [0.5, 0.6) is 0 Å². The van der Waals surface area contributed by atoms with Crippen molar-refractivity contribution in [3.8, 4) is 0 Å². The maximum Gasteiger partial charge on any atom is 0.264 e. The third-order valence-electron chi connectivity index (χ3n) is 2.99. The van der Waals surface area contributed by atoms with Crippen molar-refractivity contribution in [1.82, 2.24) is 4.90 Å². The van der Waals surface area contributed by atoms with Crippen LogP contribution in [0.25, 0.3) is 0 Å². The molecule has 90 valence electrons. The van der Waals surface area contributed by atoms with E-state index in [4.69, 9.17) is 4.74 Å². The van der Waals surface area contributed by atoms with Crippen molar-refractivity contribution in [3.63, 3.8) is 0 Å². The lowest BCUT2D eigenvalue weighted by Crippen LogP contribution is -2.35. The Labute approximate surface area is 97.8 Å². The molecule has 16 heavy (non-hydrogen) atoms. The summed E-state index contributed by atoms with van der Waals surface area (Å²) in [7, 11) is 1.82. The van der Waals surface area contributed by atoms with Gasteiger partial charge in [-0.2, -0.15) is 0 Å². The van der Waals surface area contributed by atoms with E-state index in [1.54, 1.807) is 4.90 Å². The van der Waals surface area contributed by atoms with Gasteiger partial charge in [-0.1, -0.05) is 25.5 Å². The maximum absolute atomic E-state index is 11.5. The summed E-state index contributed by atoms with van der Waals surface area (Å²) in [5, 5.41) is 0. The van der Waals surface area contributed by atoms with Gasteiger partial charge in [0.25, 0.3) is 5.91 Å². The summed E-state index contributed by atoms with van der Waals surface area (Å²) < 4.78 is 5.45. The Morgan fingerprint density at radius 3 is 2.75 bits per heavy atom. The van der Waals surface area contributed by atoms with Crippen LogP contribution in [-0.2, 0) is 9.53 Å². The monoisotopic (exact) mass is 223 g/mol. The van der Waals surface area contributed by atoms with Crippen LogP contribution in [0.3, 0.4) is 0 Å². The summed E-state index contributed by atoms with van der Waals surface area (Å²) in [4.78, 5) is 13.3. The lowest BCUT2D eigenvalue weighted by Gasteiger charge is -2.28. The van der Waals surface area contributed by atoms with Gasteiger partial charge < -0.3 is 9.64 Å². The van der Waals surface area contributed by atoms with Crippen molar-refractivity contribution in [2.45, 2.75) is 40.0 Å². The molecule has 0 N–H and O–H groups in total. The number of hydrogen-bond acceptors (Lipinski definition) is 2. The first-order chi connectivity index (χ1) is 7.60. The Morgan fingerprint density at radius 1 is 1.50 bits per heavy atom. The molecule has 1 aliphatic rings. The van der Waals surface area contributed by atoms with E-state index in [1.807, 2.05) is 7.05 Å². The second kappa shape index (κ2) is 5.73. The molecule has 0 aromatic carbocycles. The number of ether oxygens (including phenoxy) is 1. The highest BCUT2D eigenvalue weighted by atomic mass is 16.5. The highest BCUT2D eigenvalue weighted by Crippen LogP contribution is 2.23. The topological polar surface area (TPSA) is 29.5 Å². The Morgan fingerprint density at radius 2 is 2.19 bits per heavy atom.